The van der Waals surface area contributed by atoms with Crippen molar-refractivity contribution >= 4 is 23.1 Å². The molecule has 6 nitrogen and oxygen atoms in total. The normalized spacial score (nSPS) is 16.2. The summed E-state index contributed by atoms with van der Waals surface area (Å²) in [7, 11) is 0. The lowest BCUT2D eigenvalue weighted by molar-refractivity contribution is 0.0695. The molecular formula is C23H20N3O3+. The Bertz CT molecular complexity index is 1220. The molecule has 0 amide bonds. The summed E-state index contributed by atoms with van der Waals surface area (Å²) in [5.41, 5.74) is 1.98. The minimum absolute atomic E-state index is 0.152. The molecule has 0 spiro atoms. The Kier molecular flexibility index (Phi) is 4.98. The van der Waals surface area contributed by atoms with E-state index >= 15 is 0 Å². The van der Waals surface area contributed by atoms with Gasteiger partial charge in [0.2, 0.25) is 5.43 Å². The molecule has 1 aliphatic heterocycles. The van der Waals surface area contributed by atoms with Gasteiger partial charge in [0.05, 0.1) is 12.1 Å². The van der Waals surface area contributed by atoms with Crippen molar-refractivity contribution in [1.82, 2.24) is 9.47 Å². The first-order chi connectivity index (χ1) is 14.1. The zero-order valence-corrected chi connectivity index (χ0v) is 15.8. The number of hydrogen-bond donors (Lipinski definition) is 1. The van der Waals surface area contributed by atoms with Gasteiger partial charge in [-0.3, -0.25) is 9.69 Å². The Labute approximate surface area is 167 Å². The molecule has 1 aliphatic rings. The molecule has 1 unspecified atom stereocenters. The maximum Gasteiger partial charge on any atom is 0.341 e. The molecule has 1 atom stereocenters. The fraction of sp³-hybridized carbons (Fsp3) is 0.174. The first-order valence-electron chi connectivity index (χ1n) is 9.33. The molecule has 0 saturated heterocycles. The van der Waals surface area contributed by atoms with E-state index in [4.69, 9.17) is 0 Å². The van der Waals surface area contributed by atoms with Crippen molar-refractivity contribution < 1.29 is 9.90 Å². The smallest absolute Gasteiger partial charge is 0.341 e. The zero-order chi connectivity index (χ0) is 20.4. The Morgan fingerprint density at radius 2 is 2.07 bits per heavy atom. The number of carboxylic acids is 1. The van der Waals surface area contributed by atoms with Crippen molar-refractivity contribution in [3.8, 4) is 6.07 Å². The third-order valence-corrected chi connectivity index (χ3v) is 5.11. The van der Waals surface area contributed by atoms with Crippen molar-refractivity contribution in [2.75, 3.05) is 13.1 Å². The molecule has 2 heterocycles. The average Bonchev–Trinajstić information content (AvgIpc) is 2.75. The van der Waals surface area contributed by atoms with E-state index in [9.17, 15) is 14.7 Å². The number of hydrogen-bond acceptors (Lipinski definition) is 3. The van der Waals surface area contributed by atoms with Crippen LogP contribution in [0.3, 0.4) is 0 Å². The fourth-order valence-electron chi connectivity index (χ4n) is 3.65. The first kappa shape index (κ1) is 18.7. The van der Waals surface area contributed by atoms with Crippen molar-refractivity contribution in [2.24, 2.45) is 0 Å². The molecule has 6 heteroatoms. The van der Waals surface area contributed by atoms with Crippen LogP contribution in [0.4, 0.5) is 0 Å². The summed E-state index contributed by atoms with van der Waals surface area (Å²) in [4.78, 5) is 30.6. The highest BCUT2D eigenvalue weighted by molar-refractivity contribution is 5.93. The lowest BCUT2D eigenvalue weighted by atomic mass is 10.0. The predicted octanol–water partition coefficient (Wildman–Crippen LogP) is 3.69. The second kappa shape index (κ2) is 7.74. The molecule has 0 aliphatic carbocycles. The maximum absolute atomic E-state index is 12.6. The third kappa shape index (κ3) is 3.56. The van der Waals surface area contributed by atoms with Gasteiger partial charge in [-0.1, -0.05) is 47.8 Å². The quantitative estimate of drug-likeness (QED) is 0.726. The highest BCUT2D eigenvalue weighted by Gasteiger charge is 2.28. The molecule has 144 valence electrons. The van der Waals surface area contributed by atoms with Crippen LogP contribution in [0.15, 0.2) is 66.1 Å². The van der Waals surface area contributed by atoms with E-state index in [2.05, 4.69) is 34.5 Å². The minimum Gasteiger partial charge on any atom is -0.477 e. The van der Waals surface area contributed by atoms with Gasteiger partial charge < -0.3 is 9.67 Å². The number of nitrogens with zero attached hydrogens (tertiary/aromatic N) is 3. The van der Waals surface area contributed by atoms with Crippen molar-refractivity contribution in [3.05, 3.63) is 93.1 Å². The summed E-state index contributed by atoms with van der Waals surface area (Å²) in [5, 5.41) is 9.65. The number of carbonyl (C=O) groups is 1. The standard InChI is InChI=1S/C23H19N3O3/c1-2-25-15-19(23(28)29)22(27)18-9-8-17(12-20(18)25)21-13-24-10-11-26(21)14-16-6-4-3-5-7-16/h2-9,12,15,21H,1,10-11,14H2/p+1. The van der Waals surface area contributed by atoms with Crippen molar-refractivity contribution in [1.29, 1.82) is 0 Å². The summed E-state index contributed by atoms with van der Waals surface area (Å²) in [6, 6.07) is 18.7. The Balaban J connectivity index is 1.79. The van der Waals surface area contributed by atoms with Crippen LogP contribution in [-0.4, -0.2) is 33.6 Å². The monoisotopic (exact) mass is 386 g/mol. The average molecular weight is 386 g/mol. The van der Waals surface area contributed by atoms with Crippen LogP contribution < -0.4 is 5.43 Å². The number of carboxylic acid groups (broad SMARTS) is 1. The molecule has 0 bridgehead atoms. The summed E-state index contributed by atoms with van der Waals surface area (Å²) in [6.07, 6.45) is 2.81. The second-order valence-electron chi connectivity index (χ2n) is 6.91. The first-order valence-corrected chi connectivity index (χ1v) is 9.33. The van der Waals surface area contributed by atoms with Crippen molar-refractivity contribution in [3.63, 3.8) is 0 Å². The molecule has 4 rings (SSSR count). The van der Waals surface area contributed by atoms with Gasteiger partial charge in [-0.05, 0) is 23.3 Å². The minimum atomic E-state index is -1.25. The lowest BCUT2D eigenvalue weighted by Crippen LogP contribution is -2.32. The second-order valence-corrected chi connectivity index (χ2v) is 6.91. The Morgan fingerprint density at radius 3 is 2.79 bits per heavy atom. The molecule has 29 heavy (non-hydrogen) atoms. The molecule has 0 radical (unpaired) electrons. The van der Waals surface area contributed by atoms with E-state index in [0.29, 0.717) is 17.4 Å². The number of aromatic carboxylic acids is 1. The van der Waals surface area contributed by atoms with Crippen LogP contribution in [0.1, 0.15) is 27.5 Å². The highest BCUT2D eigenvalue weighted by Crippen LogP contribution is 2.27. The zero-order valence-electron chi connectivity index (χ0n) is 15.8. The molecule has 0 fully saturated rings. The summed E-state index contributed by atoms with van der Waals surface area (Å²) in [6.45, 7) is 6.00. The SMILES string of the molecule is C=Cn1cc(C(=O)O)c(=O)c2ccc(C3C#[N+]CCN3Cc3ccccc3)cc21. The molecule has 2 aromatic carbocycles. The van der Waals surface area contributed by atoms with Gasteiger partial charge in [0, 0.05) is 24.3 Å². The number of aromatic nitrogens is 1. The van der Waals surface area contributed by atoms with Gasteiger partial charge in [0.25, 0.3) is 12.6 Å². The van der Waals surface area contributed by atoms with Crippen LogP contribution in [0.5, 0.6) is 0 Å². The van der Waals surface area contributed by atoms with E-state index in [1.807, 2.05) is 30.3 Å². The van der Waals surface area contributed by atoms with Gasteiger partial charge in [0.1, 0.15) is 5.56 Å². The van der Waals surface area contributed by atoms with Crippen LogP contribution >= 0.6 is 0 Å². The largest absolute Gasteiger partial charge is 0.477 e. The van der Waals surface area contributed by atoms with E-state index < -0.39 is 11.4 Å². The molecule has 3 aromatic rings. The summed E-state index contributed by atoms with van der Waals surface area (Å²) < 4.78 is 1.57. The van der Waals surface area contributed by atoms with Gasteiger partial charge >= 0.3 is 5.97 Å². The predicted molar refractivity (Wildman–Crippen MR) is 113 cm³/mol. The van der Waals surface area contributed by atoms with E-state index in [1.165, 1.54) is 18.0 Å². The van der Waals surface area contributed by atoms with Crippen LogP contribution in [-0.2, 0) is 6.54 Å². The van der Waals surface area contributed by atoms with E-state index in [1.54, 1.807) is 10.6 Å². The number of rotatable bonds is 5. The van der Waals surface area contributed by atoms with Crippen LogP contribution in [0, 0.1) is 6.07 Å². The highest BCUT2D eigenvalue weighted by atomic mass is 16.4. The fourth-order valence-corrected chi connectivity index (χ4v) is 3.65. The maximum atomic E-state index is 12.6. The third-order valence-electron chi connectivity index (χ3n) is 5.11. The van der Waals surface area contributed by atoms with Gasteiger partial charge in [-0.15, -0.1) is 0 Å². The topological polar surface area (TPSA) is 66.9 Å². The molecule has 0 saturated carbocycles. The molecular weight excluding hydrogens is 366 g/mol. The Hall–Kier alpha value is -3.69. The Morgan fingerprint density at radius 1 is 1.28 bits per heavy atom. The summed E-state index contributed by atoms with van der Waals surface area (Å²) in [5.74, 6) is -1.25. The number of pyridine rings is 1. The summed E-state index contributed by atoms with van der Waals surface area (Å²) >= 11 is 0. The van der Waals surface area contributed by atoms with E-state index in [-0.39, 0.29) is 11.6 Å². The van der Waals surface area contributed by atoms with Gasteiger partial charge in [0.15, 0.2) is 6.04 Å². The number of fused-ring (bicyclic) bond motifs is 1. The number of benzene rings is 2. The lowest BCUT2D eigenvalue weighted by Gasteiger charge is -2.25. The van der Waals surface area contributed by atoms with Crippen LogP contribution in [0.25, 0.3) is 21.9 Å². The molecule has 1 aromatic heterocycles. The van der Waals surface area contributed by atoms with Crippen molar-refractivity contribution in [2.45, 2.75) is 12.6 Å². The molecule has 1 N–H and O–H groups in total. The van der Waals surface area contributed by atoms with Crippen LogP contribution in [0.2, 0.25) is 0 Å². The van der Waals surface area contributed by atoms with Gasteiger partial charge in [-0.2, -0.15) is 0 Å². The van der Waals surface area contributed by atoms with Gasteiger partial charge in [-0.25, -0.2) is 4.79 Å². The van der Waals surface area contributed by atoms with E-state index in [0.717, 1.165) is 18.7 Å².